The fourth-order valence-electron chi connectivity index (χ4n) is 1.99. The second-order valence-corrected chi connectivity index (χ2v) is 4.87. The highest BCUT2D eigenvalue weighted by atomic mass is 127. The Morgan fingerprint density at radius 1 is 1.36 bits per heavy atom. The van der Waals surface area contributed by atoms with Crippen LogP contribution in [0.3, 0.4) is 0 Å². The highest BCUT2D eigenvalue weighted by molar-refractivity contribution is 14.0. The smallest absolute Gasteiger partial charge is 0.191 e. The summed E-state index contributed by atoms with van der Waals surface area (Å²) < 4.78 is 6.93. The van der Waals surface area contributed by atoms with Crippen LogP contribution in [0.2, 0.25) is 0 Å². The van der Waals surface area contributed by atoms with E-state index in [2.05, 4.69) is 25.9 Å². The average Bonchev–Trinajstić information content (AvgIpc) is 3.00. The number of aliphatic imine (C=N–C) groups is 1. The molecule has 0 saturated carbocycles. The molecule has 122 valence electrons. The highest BCUT2D eigenvalue weighted by Crippen LogP contribution is 2.11. The molecule has 0 unspecified atom stereocenters. The molecule has 0 atom stereocenters. The minimum absolute atomic E-state index is 0. The van der Waals surface area contributed by atoms with Gasteiger partial charge < -0.3 is 15.2 Å². The lowest BCUT2D eigenvalue weighted by Crippen LogP contribution is -2.37. The minimum atomic E-state index is 0. The first kappa shape index (κ1) is 18.5. The quantitative estimate of drug-likeness (QED) is 0.441. The summed E-state index contributed by atoms with van der Waals surface area (Å²) in [5, 5.41) is 14.6. The van der Waals surface area contributed by atoms with E-state index in [9.17, 15) is 0 Å². The molecule has 0 spiro atoms. The molecular formula is C14H23IN6O. The van der Waals surface area contributed by atoms with E-state index in [1.807, 2.05) is 40.2 Å². The SMILES string of the molecule is CCNC(=NCc1cnn(C)c1)NCc1c(C)noc1C.I. The number of halogens is 1. The summed E-state index contributed by atoms with van der Waals surface area (Å²) in [6.07, 6.45) is 3.78. The lowest BCUT2D eigenvalue weighted by molar-refractivity contribution is 0.392. The van der Waals surface area contributed by atoms with Crippen molar-refractivity contribution in [3.05, 3.63) is 35.0 Å². The number of aryl methyl sites for hydroxylation is 3. The van der Waals surface area contributed by atoms with Gasteiger partial charge in [-0.1, -0.05) is 5.16 Å². The first-order valence-corrected chi connectivity index (χ1v) is 7.01. The third-order valence-electron chi connectivity index (χ3n) is 3.14. The first-order chi connectivity index (χ1) is 10.1. The van der Waals surface area contributed by atoms with Crippen molar-refractivity contribution in [3.63, 3.8) is 0 Å². The Hall–Kier alpha value is -1.58. The van der Waals surface area contributed by atoms with Crippen LogP contribution in [-0.2, 0) is 20.1 Å². The molecule has 0 amide bonds. The van der Waals surface area contributed by atoms with E-state index in [1.165, 1.54) is 0 Å². The molecular weight excluding hydrogens is 395 g/mol. The van der Waals surface area contributed by atoms with E-state index in [4.69, 9.17) is 4.52 Å². The number of rotatable bonds is 5. The Balaban J connectivity index is 0.00000242. The lowest BCUT2D eigenvalue weighted by atomic mass is 10.2. The summed E-state index contributed by atoms with van der Waals surface area (Å²) in [5.41, 5.74) is 3.05. The van der Waals surface area contributed by atoms with Crippen molar-refractivity contribution in [2.24, 2.45) is 12.0 Å². The van der Waals surface area contributed by atoms with Crippen molar-refractivity contribution in [3.8, 4) is 0 Å². The van der Waals surface area contributed by atoms with Crippen LogP contribution < -0.4 is 10.6 Å². The van der Waals surface area contributed by atoms with E-state index in [0.717, 1.165) is 35.1 Å². The minimum Gasteiger partial charge on any atom is -0.361 e. The third kappa shape index (κ3) is 5.00. The van der Waals surface area contributed by atoms with Crippen molar-refractivity contribution >= 4 is 29.9 Å². The lowest BCUT2D eigenvalue weighted by Gasteiger charge is -2.10. The third-order valence-corrected chi connectivity index (χ3v) is 3.14. The molecule has 0 aromatic carbocycles. The first-order valence-electron chi connectivity index (χ1n) is 7.01. The second kappa shape index (κ2) is 8.76. The average molecular weight is 418 g/mol. The fraction of sp³-hybridized carbons (Fsp3) is 0.500. The number of hydrogen-bond donors (Lipinski definition) is 2. The highest BCUT2D eigenvalue weighted by Gasteiger charge is 2.09. The molecule has 2 N–H and O–H groups in total. The van der Waals surface area contributed by atoms with Crippen molar-refractivity contribution < 1.29 is 4.52 Å². The summed E-state index contributed by atoms with van der Waals surface area (Å²) in [6.45, 7) is 7.92. The normalized spacial score (nSPS) is 11.2. The molecule has 2 aromatic heterocycles. The van der Waals surface area contributed by atoms with Gasteiger partial charge in [0.25, 0.3) is 0 Å². The van der Waals surface area contributed by atoms with Gasteiger partial charge in [0, 0.05) is 37.5 Å². The molecule has 0 bridgehead atoms. The van der Waals surface area contributed by atoms with E-state index in [-0.39, 0.29) is 24.0 Å². The van der Waals surface area contributed by atoms with Crippen LogP contribution in [0.1, 0.15) is 29.5 Å². The topological polar surface area (TPSA) is 80.3 Å². The predicted molar refractivity (Wildman–Crippen MR) is 96.3 cm³/mol. The molecule has 0 aliphatic rings. The Labute approximate surface area is 147 Å². The predicted octanol–water partition coefficient (Wildman–Crippen LogP) is 1.90. The van der Waals surface area contributed by atoms with Crippen LogP contribution >= 0.6 is 24.0 Å². The summed E-state index contributed by atoms with van der Waals surface area (Å²) in [7, 11) is 1.90. The Morgan fingerprint density at radius 2 is 2.14 bits per heavy atom. The number of nitrogens with zero attached hydrogens (tertiary/aromatic N) is 4. The van der Waals surface area contributed by atoms with E-state index in [0.29, 0.717) is 13.1 Å². The second-order valence-electron chi connectivity index (χ2n) is 4.87. The zero-order valence-electron chi connectivity index (χ0n) is 13.4. The van der Waals surface area contributed by atoms with Gasteiger partial charge in [-0.25, -0.2) is 4.99 Å². The van der Waals surface area contributed by atoms with E-state index >= 15 is 0 Å². The molecule has 8 heteroatoms. The number of aromatic nitrogens is 3. The molecule has 0 saturated heterocycles. The monoisotopic (exact) mass is 418 g/mol. The van der Waals surface area contributed by atoms with Gasteiger partial charge in [0.1, 0.15) is 5.76 Å². The maximum atomic E-state index is 5.16. The molecule has 0 fully saturated rings. The molecule has 0 aliphatic heterocycles. The molecule has 0 radical (unpaired) electrons. The van der Waals surface area contributed by atoms with Crippen LogP contribution in [0.15, 0.2) is 21.9 Å². The van der Waals surface area contributed by atoms with Gasteiger partial charge in [-0.2, -0.15) is 5.10 Å². The van der Waals surface area contributed by atoms with Crippen LogP contribution in [-0.4, -0.2) is 27.4 Å². The van der Waals surface area contributed by atoms with E-state index < -0.39 is 0 Å². The van der Waals surface area contributed by atoms with Gasteiger partial charge in [0.05, 0.1) is 18.4 Å². The number of nitrogens with one attached hydrogen (secondary N) is 2. The van der Waals surface area contributed by atoms with Crippen LogP contribution in [0, 0.1) is 13.8 Å². The fourth-order valence-corrected chi connectivity index (χ4v) is 1.99. The Morgan fingerprint density at radius 3 is 2.68 bits per heavy atom. The van der Waals surface area contributed by atoms with Crippen molar-refractivity contribution in [2.45, 2.75) is 33.9 Å². The summed E-state index contributed by atoms with van der Waals surface area (Å²) >= 11 is 0. The molecule has 22 heavy (non-hydrogen) atoms. The summed E-state index contributed by atoms with van der Waals surface area (Å²) in [5.74, 6) is 1.60. The largest absolute Gasteiger partial charge is 0.361 e. The summed E-state index contributed by atoms with van der Waals surface area (Å²) in [6, 6.07) is 0. The zero-order chi connectivity index (χ0) is 15.2. The van der Waals surface area contributed by atoms with Gasteiger partial charge >= 0.3 is 0 Å². The van der Waals surface area contributed by atoms with Gasteiger partial charge in [0.2, 0.25) is 0 Å². The van der Waals surface area contributed by atoms with Crippen LogP contribution in [0.4, 0.5) is 0 Å². The van der Waals surface area contributed by atoms with Gasteiger partial charge in [-0.3, -0.25) is 4.68 Å². The maximum absolute atomic E-state index is 5.16. The van der Waals surface area contributed by atoms with Crippen LogP contribution in [0.25, 0.3) is 0 Å². The van der Waals surface area contributed by atoms with Gasteiger partial charge in [-0.05, 0) is 20.8 Å². The molecule has 2 heterocycles. The maximum Gasteiger partial charge on any atom is 0.191 e. The van der Waals surface area contributed by atoms with Crippen LogP contribution in [0.5, 0.6) is 0 Å². The Bertz CT molecular complexity index is 599. The number of guanidine groups is 1. The molecule has 2 aromatic rings. The van der Waals surface area contributed by atoms with Crippen molar-refractivity contribution in [1.82, 2.24) is 25.6 Å². The summed E-state index contributed by atoms with van der Waals surface area (Å²) in [4.78, 5) is 4.55. The molecule has 2 rings (SSSR count). The molecule has 7 nitrogen and oxygen atoms in total. The standard InChI is InChI=1S/C14H22N6O.HI/c1-5-15-14(16-6-12-7-18-20(4)9-12)17-8-13-10(2)19-21-11(13)3;/h7,9H,5-6,8H2,1-4H3,(H2,15,16,17);1H. The van der Waals surface area contributed by atoms with Gasteiger partial charge in [-0.15, -0.1) is 24.0 Å². The molecule has 0 aliphatic carbocycles. The van der Waals surface area contributed by atoms with E-state index in [1.54, 1.807) is 4.68 Å². The van der Waals surface area contributed by atoms with Gasteiger partial charge in [0.15, 0.2) is 5.96 Å². The van der Waals surface area contributed by atoms with Crippen molar-refractivity contribution in [2.75, 3.05) is 6.54 Å². The Kier molecular flexibility index (Phi) is 7.36. The zero-order valence-corrected chi connectivity index (χ0v) is 15.7. The number of hydrogen-bond acceptors (Lipinski definition) is 4. The van der Waals surface area contributed by atoms with Crippen molar-refractivity contribution in [1.29, 1.82) is 0 Å².